The van der Waals surface area contributed by atoms with E-state index in [1.54, 1.807) is 11.3 Å². The van der Waals surface area contributed by atoms with Gasteiger partial charge in [0.1, 0.15) is 0 Å². The third-order valence-electron chi connectivity index (χ3n) is 3.90. The summed E-state index contributed by atoms with van der Waals surface area (Å²) in [5.41, 5.74) is 3.12. The summed E-state index contributed by atoms with van der Waals surface area (Å²) >= 11 is 1.76. The molecule has 1 N–H and O–H groups in total. The molecule has 1 unspecified atom stereocenters. The second-order valence-electron chi connectivity index (χ2n) is 5.17. The number of hydrogen-bond donors (Lipinski definition) is 1. The van der Waals surface area contributed by atoms with Crippen LogP contribution in [0.3, 0.4) is 0 Å². The summed E-state index contributed by atoms with van der Waals surface area (Å²) in [5, 5.41) is 3.66. The standard InChI is InChI=1S/C13H23N3S/c1-10(12-4-6-16(3)7-5-12)14-8-13-11(2)15-9-17-13/h9-10,12,14H,4-8H2,1-3H3. The average molecular weight is 253 g/mol. The molecule has 0 aliphatic carbocycles. The van der Waals surface area contributed by atoms with E-state index in [0.29, 0.717) is 6.04 Å². The van der Waals surface area contributed by atoms with Crippen LogP contribution in [-0.2, 0) is 6.54 Å². The third kappa shape index (κ3) is 3.50. The van der Waals surface area contributed by atoms with Crippen LogP contribution >= 0.6 is 11.3 Å². The molecule has 96 valence electrons. The van der Waals surface area contributed by atoms with E-state index in [0.717, 1.165) is 12.5 Å². The Balaban J connectivity index is 1.77. The molecule has 1 aromatic rings. The number of piperidine rings is 1. The minimum absolute atomic E-state index is 0.616. The molecule has 4 heteroatoms. The average Bonchev–Trinajstić information content (AvgIpc) is 2.73. The van der Waals surface area contributed by atoms with E-state index >= 15 is 0 Å². The van der Waals surface area contributed by atoms with E-state index in [-0.39, 0.29) is 0 Å². The van der Waals surface area contributed by atoms with Gasteiger partial charge >= 0.3 is 0 Å². The summed E-state index contributed by atoms with van der Waals surface area (Å²) in [6, 6.07) is 0.616. The first-order valence-electron chi connectivity index (χ1n) is 6.47. The largest absolute Gasteiger partial charge is 0.309 e. The highest BCUT2D eigenvalue weighted by Crippen LogP contribution is 2.20. The topological polar surface area (TPSA) is 28.2 Å². The smallest absolute Gasteiger partial charge is 0.0798 e. The number of rotatable bonds is 4. The molecule has 1 saturated heterocycles. The highest BCUT2D eigenvalue weighted by atomic mass is 32.1. The number of nitrogens with zero attached hydrogens (tertiary/aromatic N) is 2. The van der Waals surface area contributed by atoms with E-state index in [2.05, 4.69) is 36.1 Å². The number of hydrogen-bond acceptors (Lipinski definition) is 4. The molecule has 0 bridgehead atoms. The number of nitrogens with one attached hydrogen (secondary N) is 1. The van der Waals surface area contributed by atoms with Crippen LogP contribution in [0.25, 0.3) is 0 Å². The summed E-state index contributed by atoms with van der Waals surface area (Å²) < 4.78 is 0. The maximum atomic E-state index is 4.29. The summed E-state index contributed by atoms with van der Waals surface area (Å²) in [6.45, 7) is 7.89. The van der Waals surface area contributed by atoms with E-state index in [4.69, 9.17) is 0 Å². The molecule has 0 radical (unpaired) electrons. The molecule has 0 saturated carbocycles. The quantitative estimate of drug-likeness (QED) is 0.892. The predicted molar refractivity (Wildman–Crippen MR) is 73.4 cm³/mol. The van der Waals surface area contributed by atoms with Crippen molar-refractivity contribution in [1.82, 2.24) is 15.2 Å². The Morgan fingerprint density at radius 1 is 1.53 bits per heavy atom. The van der Waals surface area contributed by atoms with Crippen molar-refractivity contribution >= 4 is 11.3 Å². The van der Waals surface area contributed by atoms with Gasteiger partial charge in [0.05, 0.1) is 11.2 Å². The Hall–Kier alpha value is -0.450. The first kappa shape index (κ1) is 13.0. The van der Waals surface area contributed by atoms with Crippen LogP contribution in [0.1, 0.15) is 30.3 Å². The zero-order valence-electron chi connectivity index (χ0n) is 11.1. The van der Waals surface area contributed by atoms with Crippen LogP contribution in [0.2, 0.25) is 0 Å². The molecule has 1 fully saturated rings. The minimum atomic E-state index is 0.616. The molecular weight excluding hydrogens is 230 g/mol. The fourth-order valence-corrected chi connectivity index (χ4v) is 3.17. The lowest BCUT2D eigenvalue weighted by atomic mass is 9.90. The fourth-order valence-electron chi connectivity index (χ4n) is 2.44. The molecule has 0 aromatic carbocycles. The van der Waals surface area contributed by atoms with Crippen molar-refractivity contribution in [3.63, 3.8) is 0 Å². The molecule has 0 spiro atoms. The Morgan fingerprint density at radius 2 is 2.24 bits per heavy atom. The van der Waals surface area contributed by atoms with Crippen molar-refractivity contribution in [1.29, 1.82) is 0 Å². The first-order valence-corrected chi connectivity index (χ1v) is 7.35. The second-order valence-corrected chi connectivity index (χ2v) is 6.11. The van der Waals surface area contributed by atoms with Gasteiger partial charge in [0.15, 0.2) is 0 Å². The number of aryl methyl sites for hydroxylation is 1. The number of likely N-dealkylation sites (tertiary alicyclic amines) is 1. The first-order chi connectivity index (χ1) is 8.16. The normalized spacial score (nSPS) is 20.6. The van der Waals surface area contributed by atoms with Gasteiger partial charge in [-0.2, -0.15) is 0 Å². The highest BCUT2D eigenvalue weighted by molar-refractivity contribution is 7.09. The Morgan fingerprint density at radius 3 is 2.82 bits per heavy atom. The maximum Gasteiger partial charge on any atom is 0.0798 e. The van der Waals surface area contributed by atoms with E-state index < -0.39 is 0 Å². The van der Waals surface area contributed by atoms with Gasteiger partial charge in [0, 0.05) is 17.5 Å². The molecule has 1 aliphatic heterocycles. The molecule has 1 aliphatic rings. The summed E-state index contributed by atoms with van der Waals surface area (Å²) in [4.78, 5) is 8.10. The van der Waals surface area contributed by atoms with Gasteiger partial charge in [-0.25, -0.2) is 4.98 Å². The zero-order valence-corrected chi connectivity index (χ0v) is 11.9. The van der Waals surface area contributed by atoms with Gasteiger partial charge < -0.3 is 10.2 Å². The molecule has 0 amide bonds. The van der Waals surface area contributed by atoms with Crippen molar-refractivity contribution in [2.45, 2.75) is 39.3 Å². The molecular formula is C13H23N3S. The fraction of sp³-hybridized carbons (Fsp3) is 0.769. The van der Waals surface area contributed by atoms with Gasteiger partial charge in [-0.05, 0) is 52.7 Å². The summed E-state index contributed by atoms with van der Waals surface area (Å²) in [7, 11) is 2.22. The van der Waals surface area contributed by atoms with Crippen molar-refractivity contribution in [3.8, 4) is 0 Å². The molecule has 2 heterocycles. The molecule has 1 aromatic heterocycles. The Kier molecular flexibility index (Phi) is 4.54. The lowest BCUT2D eigenvalue weighted by Crippen LogP contribution is -2.40. The van der Waals surface area contributed by atoms with Crippen LogP contribution < -0.4 is 5.32 Å². The van der Waals surface area contributed by atoms with Gasteiger partial charge in [0.2, 0.25) is 0 Å². The second kappa shape index (κ2) is 5.94. The van der Waals surface area contributed by atoms with Gasteiger partial charge in [-0.15, -0.1) is 11.3 Å². The molecule has 3 nitrogen and oxygen atoms in total. The van der Waals surface area contributed by atoms with Gasteiger partial charge in [-0.3, -0.25) is 0 Å². The summed E-state index contributed by atoms with van der Waals surface area (Å²) in [6.07, 6.45) is 2.65. The number of aromatic nitrogens is 1. The number of thiazole rings is 1. The van der Waals surface area contributed by atoms with E-state index in [9.17, 15) is 0 Å². The van der Waals surface area contributed by atoms with Crippen molar-refractivity contribution < 1.29 is 0 Å². The SMILES string of the molecule is Cc1ncsc1CNC(C)C1CCN(C)CC1. The van der Waals surface area contributed by atoms with E-state index in [1.165, 1.54) is 36.5 Å². The van der Waals surface area contributed by atoms with Gasteiger partial charge in [-0.1, -0.05) is 0 Å². The van der Waals surface area contributed by atoms with Crippen LogP contribution in [0.4, 0.5) is 0 Å². The lowest BCUT2D eigenvalue weighted by molar-refractivity contribution is 0.189. The minimum Gasteiger partial charge on any atom is -0.309 e. The molecule has 1 atom stereocenters. The molecule has 17 heavy (non-hydrogen) atoms. The van der Waals surface area contributed by atoms with Crippen LogP contribution in [0, 0.1) is 12.8 Å². The van der Waals surface area contributed by atoms with Crippen LogP contribution in [-0.4, -0.2) is 36.1 Å². The Labute approximate surface area is 108 Å². The van der Waals surface area contributed by atoms with Crippen molar-refractivity contribution in [2.75, 3.05) is 20.1 Å². The summed E-state index contributed by atoms with van der Waals surface area (Å²) in [5.74, 6) is 0.833. The predicted octanol–water partition coefficient (Wildman–Crippen LogP) is 2.27. The monoisotopic (exact) mass is 253 g/mol. The van der Waals surface area contributed by atoms with E-state index in [1.807, 2.05) is 5.51 Å². The van der Waals surface area contributed by atoms with Crippen molar-refractivity contribution in [3.05, 3.63) is 16.1 Å². The van der Waals surface area contributed by atoms with Crippen molar-refractivity contribution in [2.24, 2.45) is 5.92 Å². The Bertz CT molecular complexity index is 342. The third-order valence-corrected chi connectivity index (χ3v) is 4.83. The highest BCUT2D eigenvalue weighted by Gasteiger charge is 2.21. The van der Waals surface area contributed by atoms with Crippen LogP contribution in [0.15, 0.2) is 5.51 Å². The maximum absolute atomic E-state index is 4.29. The molecule has 2 rings (SSSR count). The van der Waals surface area contributed by atoms with Gasteiger partial charge in [0.25, 0.3) is 0 Å². The lowest BCUT2D eigenvalue weighted by Gasteiger charge is -2.33. The zero-order chi connectivity index (χ0) is 12.3. The van der Waals surface area contributed by atoms with Crippen LogP contribution in [0.5, 0.6) is 0 Å².